The van der Waals surface area contributed by atoms with Gasteiger partial charge < -0.3 is 15.2 Å². The molecule has 0 aliphatic rings. The Morgan fingerprint density at radius 3 is 2.71 bits per heavy atom. The maximum absolute atomic E-state index is 12.3. The quantitative estimate of drug-likeness (QED) is 0.803. The molecule has 1 amide bonds. The number of aryl methyl sites for hydroxylation is 1. The Bertz CT molecular complexity index is 727. The van der Waals surface area contributed by atoms with Gasteiger partial charge in [0.25, 0.3) is 5.91 Å². The van der Waals surface area contributed by atoms with Crippen LogP contribution in [0.25, 0.3) is 0 Å². The minimum absolute atomic E-state index is 0.209. The number of hydrogen-bond acceptors (Lipinski definition) is 5. The largest absolute Gasteiger partial charge is 0.487 e. The summed E-state index contributed by atoms with van der Waals surface area (Å²) in [5.41, 5.74) is 1.19. The van der Waals surface area contributed by atoms with E-state index in [2.05, 4.69) is 10.3 Å². The van der Waals surface area contributed by atoms with Crippen molar-refractivity contribution in [3.8, 4) is 5.75 Å². The lowest BCUT2D eigenvalue weighted by molar-refractivity contribution is -0.140. The third-order valence-corrected chi connectivity index (χ3v) is 4.19. The number of thiazole rings is 1. The molecule has 0 saturated carbocycles. The molecule has 0 spiro atoms. The van der Waals surface area contributed by atoms with E-state index >= 15 is 0 Å². The van der Waals surface area contributed by atoms with Gasteiger partial charge in [-0.1, -0.05) is 19.9 Å². The number of ether oxygens (including phenoxy) is 1. The van der Waals surface area contributed by atoms with E-state index in [-0.39, 0.29) is 5.92 Å². The van der Waals surface area contributed by atoms with Crippen molar-refractivity contribution in [2.24, 2.45) is 5.92 Å². The fraction of sp³-hybridized carbons (Fsp3) is 0.353. The van der Waals surface area contributed by atoms with Gasteiger partial charge in [0.2, 0.25) is 0 Å². The normalized spacial score (nSPS) is 12.0. The number of rotatable bonds is 7. The predicted octanol–water partition coefficient (Wildman–Crippen LogP) is 2.87. The standard InChI is InChI=1S/C17H20N2O4S/c1-10(2)15(17(21)22)19-16(20)12-5-4-6-14(7-12)23-8-13-9-24-11(3)18-13/h4-7,9-10,15H,8H2,1-3H3,(H,19,20)(H,21,22)/t15-/m0/s1. The van der Waals surface area contributed by atoms with Crippen LogP contribution >= 0.6 is 11.3 Å². The van der Waals surface area contributed by atoms with Gasteiger partial charge in [-0.15, -0.1) is 11.3 Å². The number of carboxylic acid groups (broad SMARTS) is 1. The van der Waals surface area contributed by atoms with Crippen LogP contribution in [0.2, 0.25) is 0 Å². The van der Waals surface area contributed by atoms with E-state index < -0.39 is 17.9 Å². The number of nitrogens with one attached hydrogen (secondary N) is 1. The third-order valence-electron chi connectivity index (χ3n) is 3.37. The lowest BCUT2D eigenvalue weighted by atomic mass is 10.0. The average molecular weight is 348 g/mol. The first-order valence-electron chi connectivity index (χ1n) is 7.54. The fourth-order valence-corrected chi connectivity index (χ4v) is 2.69. The van der Waals surface area contributed by atoms with Gasteiger partial charge >= 0.3 is 5.97 Å². The van der Waals surface area contributed by atoms with Gasteiger partial charge in [0, 0.05) is 10.9 Å². The van der Waals surface area contributed by atoms with Crippen molar-refractivity contribution in [3.05, 3.63) is 45.9 Å². The highest BCUT2D eigenvalue weighted by atomic mass is 32.1. The smallest absolute Gasteiger partial charge is 0.326 e. The maximum Gasteiger partial charge on any atom is 0.326 e. The molecule has 6 nitrogen and oxygen atoms in total. The van der Waals surface area contributed by atoms with Gasteiger partial charge in [0.15, 0.2) is 0 Å². The summed E-state index contributed by atoms with van der Waals surface area (Å²) in [6.07, 6.45) is 0. The van der Waals surface area contributed by atoms with E-state index in [0.29, 0.717) is 17.9 Å². The molecular weight excluding hydrogens is 328 g/mol. The second-order valence-electron chi connectivity index (χ2n) is 5.71. The van der Waals surface area contributed by atoms with Crippen LogP contribution in [-0.4, -0.2) is 28.0 Å². The molecule has 0 unspecified atom stereocenters. The number of hydrogen-bond donors (Lipinski definition) is 2. The fourth-order valence-electron chi connectivity index (χ4n) is 2.10. The number of carboxylic acids is 1. The molecule has 128 valence electrons. The Hall–Kier alpha value is -2.41. The van der Waals surface area contributed by atoms with E-state index in [1.165, 1.54) is 0 Å². The highest BCUT2D eigenvalue weighted by Crippen LogP contribution is 2.17. The molecule has 0 aliphatic heterocycles. The van der Waals surface area contributed by atoms with Crippen LogP contribution in [0.4, 0.5) is 0 Å². The first-order chi connectivity index (χ1) is 11.4. The molecule has 0 radical (unpaired) electrons. The minimum Gasteiger partial charge on any atom is -0.487 e. The summed E-state index contributed by atoms with van der Waals surface area (Å²) >= 11 is 1.55. The van der Waals surface area contributed by atoms with Gasteiger partial charge in [-0.05, 0) is 31.0 Å². The predicted molar refractivity (Wildman–Crippen MR) is 91.4 cm³/mol. The zero-order valence-electron chi connectivity index (χ0n) is 13.8. The van der Waals surface area contributed by atoms with Crippen LogP contribution in [-0.2, 0) is 11.4 Å². The number of benzene rings is 1. The molecule has 0 fully saturated rings. The molecule has 1 aromatic heterocycles. The molecule has 7 heteroatoms. The second-order valence-corrected chi connectivity index (χ2v) is 6.77. The summed E-state index contributed by atoms with van der Waals surface area (Å²) in [6.45, 7) is 5.73. The highest BCUT2D eigenvalue weighted by molar-refractivity contribution is 7.09. The Morgan fingerprint density at radius 1 is 1.38 bits per heavy atom. The zero-order valence-corrected chi connectivity index (χ0v) is 14.6. The summed E-state index contributed by atoms with van der Waals surface area (Å²) in [6, 6.07) is 5.72. The minimum atomic E-state index is -1.05. The molecule has 1 atom stereocenters. The zero-order chi connectivity index (χ0) is 17.7. The van der Waals surface area contributed by atoms with Gasteiger partial charge in [0.1, 0.15) is 18.4 Å². The molecule has 1 aromatic carbocycles. The summed E-state index contributed by atoms with van der Waals surface area (Å²) in [7, 11) is 0. The van der Waals surface area contributed by atoms with E-state index in [4.69, 9.17) is 9.84 Å². The van der Waals surface area contributed by atoms with Crippen molar-refractivity contribution < 1.29 is 19.4 Å². The van der Waals surface area contributed by atoms with Crippen molar-refractivity contribution in [1.29, 1.82) is 0 Å². The van der Waals surface area contributed by atoms with Gasteiger partial charge in [-0.25, -0.2) is 9.78 Å². The Balaban J connectivity index is 2.03. The van der Waals surface area contributed by atoms with E-state index in [0.717, 1.165) is 10.7 Å². The van der Waals surface area contributed by atoms with Crippen molar-refractivity contribution in [2.75, 3.05) is 0 Å². The molecule has 24 heavy (non-hydrogen) atoms. The van der Waals surface area contributed by atoms with E-state index in [1.807, 2.05) is 12.3 Å². The second kappa shape index (κ2) is 7.92. The number of nitrogens with zero attached hydrogens (tertiary/aromatic N) is 1. The number of amides is 1. The van der Waals surface area contributed by atoms with E-state index in [9.17, 15) is 9.59 Å². The van der Waals surface area contributed by atoms with Crippen molar-refractivity contribution in [3.63, 3.8) is 0 Å². The molecule has 2 aromatic rings. The van der Waals surface area contributed by atoms with Gasteiger partial charge in [-0.2, -0.15) is 0 Å². The van der Waals surface area contributed by atoms with Crippen LogP contribution in [0.5, 0.6) is 5.75 Å². The summed E-state index contributed by atoms with van der Waals surface area (Å²) in [5, 5.41) is 14.6. The lowest BCUT2D eigenvalue weighted by Crippen LogP contribution is -2.44. The van der Waals surface area contributed by atoms with Crippen LogP contribution < -0.4 is 10.1 Å². The number of aliphatic carboxylic acids is 1. The molecule has 1 heterocycles. The molecule has 0 saturated heterocycles. The summed E-state index contributed by atoms with van der Waals surface area (Å²) in [5.74, 6) is -1.17. The molecule has 0 aliphatic carbocycles. The Labute approximate surface area is 144 Å². The van der Waals surface area contributed by atoms with E-state index in [1.54, 1.807) is 49.4 Å². The number of carbonyl (C=O) groups excluding carboxylic acids is 1. The molecule has 2 N–H and O–H groups in total. The average Bonchev–Trinajstić information content (AvgIpc) is 2.95. The number of carbonyl (C=O) groups is 2. The molecule has 2 rings (SSSR count). The van der Waals surface area contributed by atoms with Crippen LogP contribution in [0.1, 0.15) is 34.9 Å². The van der Waals surface area contributed by atoms with Crippen LogP contribution in [0, 0.1) is 12.8 Å². The van der Waals surface area contributed by atoms with Gasteiger partial charge in [0.05, 0.1) is 10.7 Å². The van der Waals surface area contributed by atoms with Crippen molar-refractivity contribution in [1.82, 2.24) is 10.3 Å². The Morgan fingerprint density at radius 2 is 2.12 bits per heavy atom. The van der Waals surface area contributed by atoms with Gasteiger partial charge in [-0.3, -0.25) is 4.79 Å². The lowest BCUT2D eigenvalue weighted by Gasteiger charge is -2.18. The summed E-state index contributed by atoms with van der Waals surface area (Å²) in [4.78, 5) is 27.8. The number of aromatic nitrogens is 1. The summed E-state index contributed by atoms with van der Waals surface area (Å²) < 4.78 is 5.64. The van der Waals surface area contributed by atoms with Crippen molar-refractivity contribution >= 4 is 23.2 Å². The van der Waals surface area contributed by atoms with Crippen LogP contribution in [0.3, 0.4) is 0 Å². The molecule has 0 bridgehead atoms. The maximum atomic E-state index is 12.3. The first-order valence-corrected chi connectivity index (χ1v) is 8.42. The topological polar surface area (TPSA) is 88.5 Å². The Kier molecular flexibility index (Phi) is 5.92. The first kappa shape index (κ1) is 17.9. The monoisotopic (exact) mass is 348 g/mol. The highest BCUT2D eigenvalue weighted by Gasteiger charge is 2.24. The van der Waals surface area contributed by atoms with Crippen molar-refractivity contribution in [2.45, 2.75) is 33.4 Å². The van der Waals surface area contributed by atoms with Crippen LogP contribution in [0.15, 0.2) is 29.6 Å². The third kappa shape index (κ3) is 4.79. The molecular formula is C17H20N2O4S. The SMILES string of the molecule is Cc1nc(COc2cccc(C(=O)N[C@H](C(=O)O)C(C)C)c2)cs1.